The minimum Gasteiger partial charge on any atom is -0.316 e. The highest BCUT2D eigenvalue weighted by molar-refractivity contribution is 6.31. The van der Waals surface area contributed by atoms with Crippen molar-refractivity contribution in [2.45, 2.75) is 31.0 Å². The molecule has 24 heavy (non-hydrogen) atoms. The highest BCUT2D eigenvalue weighted by Gasteiger charge is 2.58. The first-order valence-electron chi connectivity index (χ1n) is 7.38. The molecule has 0 radical (unpaired) electrons. The topological polar surface area (TPSA) is 58.2 Å². The van der Waals surface area contributed by atoms with Crippen LogP contribution in [0, 0.1) is 5.92 Å². The fourth-order valence-electron chi connectivity index (χ4n) is 2.71. The van der Waals surface area contributed by atoms with Gasteiger partial charge in [-0.05, 0) is 42.5 Å². The van der Waals surface area contributed by atoms with E-state index in [1.165, 1.54) is 12.1 Å². The molecule has 1 heterocycles. The van der Waals surface area contributed by atoms with Gasteiger partial charge in [-0.2, -0.15) is 13.2 Å². The van der Waals surface area contributed by atoms with Crippen molar-refractivity contribution >= 4 is 29.6 Å². The Morgan fingerprint density at radius 2 is 2.04 bits per heavy atom. The van der Waals surface area contributed by atoms with Gasteiger partial charge < -0.3 is 15.4 Å². The summed E-state index contributed by atoms with van der Waals surface area (Å²) in [6.45, 7) is 0. The van der Waals surface area contributed by atoms with Crippen LogP contribution in [0.2, 0.25) is 5.02 Å². The number of benzene rings is 1. The maximum Gasteiger partial charge on any atom is 0.419 e. The van der Waals surface area contributed by atoms with Crippen molar-refractivity contribution in [3.63, 3.8) is 0 Å². The predicted molar refractivity (Wildman–Crippen MR) is 83.0 cm³/mol. The summed E-state index contributed by atoms with van der Waals surface area (Å²) in [6, 6.07) is 1.52. The molecule has 0 unspecified atom stereocenters. The van der Waals surface area contributed by atoms with Crippen molar-refractivity contribution in [3.05, 3.63) is 40.4 Å². The zero-order chi connectivity index (χ0) is 17.5. The zero-order valence-electron chi connectivity index (χ0n) is 12.4. The number of rotatable bonds is 4. The Morgan fingerprint density at radius 3 is 2.62 bits per heavy atom. The van der Waals surface area contributed by atoms with Crippen LogP contribution >= 0.6 is 11.6 Å². The Hall–Kier alpha value is -2.02. The lowest BCUT2D eigenvalue weighted by molar-refractivity contribution is -0.181. The van der Waals surface area contributed by atoms with E-state index in [4.69, 9.17) is 11.6 Å². The van der Waals surface area contributed by atoms with Gasteiger partial charge in [-0.1, -0.05) is 17.7 Å². The number of aldehydes is 1. The molecule has 2 aliphatic rings. The Bertz CT molecular complexity index is 729. The van der Waals surface area contributed by atoms with Crippen LogP contribution in [0.3, 0.4) is 0 Å². The van der Waals surface area contributed by atoms with Gasteiger partial charge in [-0.15, -0.1) is 0 Å². The molecule has 1 aliphatic heterocycles. The van der Waals surface area contributed by atoms with Gasteiger partial charge >= 0.3 is 12.2 Å². The molecule has 2 amide bonds. The summed E-state index contributed by atoms with van der Waals surface area (Å²) in [5.41, 5.74) is -2.48. The fraction of sp³-hybridized carbons (Fsp3) is 0.375. The van der Waals surface area contributed by atoms with Gasteiger partial charge in [0.2, 0.25) is 0 Å². The summed E-state index contributed by atoms with van der Waals surface area (Å²) >= 11 is 6.04. The molecule has 3 rings (SSSR count). The van der Waals surface area contributed by atoms with Gasteiger partial charge in [0.25, 0.3) is 0 Å². The normalized spacial score (nSPS) is 23.6. The van der Waals surface area contributed by atoms with Gasteiger partial charge in [-0.25, -0.2) is 4.79 Å². The van der Waals surface area contributed by atoms with Crippen LogP contribution in [0.4, 0.5) is 23.7 Å². The average molecular weight is 359 g/mol. The number of hydrogen-bond donors (Lipinski definition) is 2. The summed E-state index contributed by atoms with van der Waals surface area (Å²) in [4.78, 5) is 22.5. The highest BCUT2D eigenvalue weighted by Crippen LogP contribution is 2.47. The third-order valence-corrected chi connectivity index (χ3v) is 4.51. The number of halogens is 4. The first-order chi connectivity index (χ1) is 11.3. The van der Waals surface area contributed by atoms with E-state index >= 15 is 0 Å². The molecule has 1 fully saturated rings. The van der Waals surface area contributed by atoms with E-state index in [0.717, 1.165) is 25.0 Å². The third-order valence-electron chi connectivity index (χ3n) is 4.16. The molecule has 8 heteroatoms. The molecule has 4 nitrogen and oxygen atoms in total. The van der Waals surface area contributed by atoms with Gasteiger partial charge in [0.15, 0.2) is 5.54 Å². The number of amides is 2. The molecule has 0 spiro atoms. The number of carbonyl (C=O) groups is 2. The van der Waals surface area contributed by atoms with Gasteiger partial charge in [-0.3, -0.25) is 0 Å². The second-order valence-corrected chi connectivity index (χ2v) is 6.35. The number of hydrogen-bond acceptors (Lipinski definition) is 2. The SMILES string of the molecule is O=CCc1cc2c(cc1Cl)[C@@](/C=C/C1CC1)(C(F)(F)F)NC(=O)N2. The molecule has 1 aromatic carbocycles. The maximum atomic E-state index is 13.9. The largest absolute Gasteiger partial charge is 0.419 e. The Labute approximate surface area is 141 Å². The number of fused-ring (bicyclic) bond motifs is 1. The van der Waals surface area contributed by atoms with E-state index in [1.54, 1.807) is 0 Å². The standard InChI is InChI=1S/C16H14ClF3N2O2/c17-12-8-11-13(7-10(12)4-6-23)21-14(24)22-15(11,16(18,19)20)5-3-9-1-2-9/h3,5-9H,1-2,4H2,(H2,21,22,24)/b5-3+/t15-/m0/s1. The molecule has 1 saturated carbocycles. The van der Waals surface area contributed by atoms with Crippen LogP contribution in [0.15, 0.2) is 24.3 Å². The van der Waals surface area contributed by atoms with Gasteiger partial charge in [0.1, 0.15) is 6.29 Å². The number of nitrogens with one attached hydrogen (secondary N) is 2. The molecular weight excluding hydrogens is 345 g/mol. The quantitative estimate of drug-likeness (QED) is 0.632. The average Bonchev–Trinajstić information content (AvgIpc) is 3.29. The lowest BCUT2D eigenvalue weighted by Crippen LogP contribution is -2.59. The van der Waals surface area contributed by atoms with E-state index in [-0.39, 0.29) is 28.6 Å². The number of alkyl halides is 3. The molecule has 0 bridgehead atoms. The summed E-state index contributed by atoms with van der Waals surface area (Å²) in [7, 11) is 0. The monoisotopic (exact) mass is 358 g/mol. The molecule has 1 aliphatic carbocycles. The van der Waals surface area contributed by atoms with Crippen LogP contribution in [-0.2, 0) is 16.8 Å². The summed E-state index contributed by atoms with van der Waals surface area (Å²) < 4.78 is 41.7. The first kappa shape index (κ1) is 16.8. The second kappa shape index (κ2) is 5.81. The Morgan fingerprint density at radius 1 is 1.33 bits per heavy atom. The van der Waals surface area contributed by atoms with E-state index in [2.05, 4.69) is 5.32 Å². The van der Waals surface area contributed by atoms with Crippen molar-refractivity contribution in [3.8, 4) is 0 Å². The third kappa shape index (κ3) is 2.88. The van der Waals surface area contributed by atoms with Crippen LogP contribution in [0.1, 0.15) is 24.0 Å². The van der Waals surface area contributed by atoms with E-state index in [0.29, 0.717) is 11.8 Å². The van der Waals surface area contributed by atoms with E-state index < -0.39 is 17.7 Å². The predicted octanol–water partition coefficient (Wildman–Crippen LogP) is 3.94. The summed E-state index contributed by atoms with van der Waals surface area (Å²) in [6.07, 6.45) is -0.0492. The summed E-state index contributed by atoms with van der Waals surface area (Å²) in [5.74, 6) is 0.101. The van der Waals surface area contributed by atoms with Crippen molar-refractivity contribution in [1.82, 2.24) is 5.32 Å². The Kier molecular flexibility index (Phi) is 4.07. The smallest absolute Gasteiger partial charge is 0.316 e. The minimum atomic E-state index is -4.75. The molecular formula is C16H14ClF3N2O2. The van der Waals surface area contributed by atoms with E-state index in [1.807, 2.05) is 5.32 Å². The van der Waals surface area contributed by atoms with Crippen LogP contribution < -0.4 is 10.6 Å². The van der Waals surface area contributed by atoms with Gasteiger partial charge in [0, 0.05) is 22.7 Å². The second-order valence-electron chi connectivity index (χ2n) is 5.94. The molecule has 0 aromatic heterocycles. The first-order valence-corrected chi connectivity index (χ1v) is 7.76. The van der Waals surface area contributed by atoms with Crippen molar-refractivity contribution in [2.24, 2.45) is 5.92 Å². The van der Waals surface area contributed by atoms with Crippen LogP contribution in [0.5, 0.6) is 0 Å². The molecule has 2 N–H and O–H groups in total. The maximum absolute atomic E-state index is 13.9. The minimum absolute atomic E-state index is 0.00206. The van der Waals surface area contributed by atoms with Crippen molar-refractivity contribution < 1.29 is 22.8 Å². The number of allylic oxidation sites excluding steroid dienone is 1. The lowest BCUT2D eigenvalue weighted by Gasteiger charge is -2.39. The number of carbonyl (C=O) groups excluding carboxylic acids is 2. The number of anilines is 1. The van der Waals surface area contributed by atoms with Crippen LogP contribution in [0.25, 0.3) is 0 Å². The molecule has 1 atom stereocenters. The van der Waals surface area contributed by atoms with Crippen molar-refractivity contribution in [2.75, 3.05) is 5.32 Å². The van der Waals surface area contributed by atoms with Crippen molar-refractivity contribution in [1.29, 1.82) is 0 Å². The summed E-state index contributed by atoms with van der Waals surface area (Å²) in [5, 5.41) is 4.40. The lowest BCUT2D eigenvalue weighted by atomic mass is 9.84. The van der Waals surface area contributed by atoms with E-state index in [9.17, 15) is 22.8 Å². The van der Waals surface area contributed by atoms with Gasteiger partial charge in [0.05, 0.1) is 0 Å². The Balaban J connectivity index is 2.18. The highest BCUT2D eigenvalue weighted by atomic mass is 35.5. The molecule has 0 saturated heterocycles. The zero-order valence-corrected chi connectivity index (χ0v) is 13.2. The molecule has 1 aromatic rings. The fourth-order valence-corrected chi connectivity index (χ4v) is 2.95. The number of urea groups is 1. The molecule has 128 valence electrons. The van der Waals surface area contributed by atoms with Crippen LogP contribution in [-0.4, -0.2) is 18.5 Å².